The first-order valence-corrected chi connectivity index (χ1v) is 31.5. The van der Waals surface area contributed by atoms with Crippen LogP contribution in [0.3, 0.4) is 0 Å². The molecule has 87 heavy (non-hydrogen) atoms. The van der Waals surface area contributed by atoms with E-state index >= 15 is 0 Å². The number of aromatic nitrogens is 4. The second kappa shape index (κ2) is 27.1. The van der Waals surface area contributed by atoms with Crippen molar-refractivity contribution in [3.63, 3.8) is 0 Å². The van der Waals surface area contributed by atoms with Gasteiger partial charge in [0.1, 0.15) is 47.6 Å². The number of rotatable bonds is 16. The molecule has 0 unspecified atom stereocenters. The lowest BCUT2D eigenvalue weighted by Crippen LogP contribution is -2.47. The van der Waals surface area contributed by atoms with Crippen molar-refractivity contribution < 1.29 is 59.5 Å². The molecule has 0 bridgehead atoms. The number of carbonyl (C=O) groups is 2. The third kappa shape index (κ3) is 13.4. The molecule has 0 fully saturated rings. The van der Waals surface area contributed by atoms with Gasteiger partial charge >= 0.3 is 5.97 Å². The Morgan fingerprint density at radius 1 is 0.609 bits per heavy atom. The van der Waals surface area contributed by atoms with Crippen LogP contribution in [0.1, 0.15) is 68.9 Å². The molecule has 2 atom stereocenters. The molecule has 4 aromatic carbocycles. The van der Waals surface area contributed by atoms with Crippen molar-refractivity contribution in [3.05, 3.63) is 178 Å². The molecule has 12 rings (SSSR count). The molecule has 0 spiro atoms. The molecule has 23 heteroatoms. The van der Waals surface area contributed by atoms with Crippen LogP contribution >= 0.6 is 0 Å². The van der Waals surface area contributed by atoms with E-state index in [9.17, 15) is 26.4 Å². The van der Waals surface area contributed by atoms with Crippen LogP contribution in [-0.4, -0.2) is 125 Å². The lowest BCUT2D eigenvalue weighted by molar-refractivity contribution is -0.142. The third-order valence-electron chi connectivity index (χ3n) is 15.8. The Labute approximate surface area is 506 Å². The second-order valence-corrected chi connectivity index (χ2v) is 25.2. The highest BCUT2D eigenvalue weighted by Gasteiger charge is 2.40. The topological polar surface area (TPSA) is 259 Å². The maximum atomic E-state index is 14.3. The number of fused-ring (bicyclic) bond motifs is 4. The van der Waals surface area contributed by atoms with Crippen LogP contribution in [0.5, 0.6) is 11.5 Å². The maximum absolute atomic E-state index is 14.3. The number of aliphatic carboxylic acids is 1. The zero-order chi connectivity index (χ0) is 61.4. The number of amides is 1. The number of nitrogens with one attached hydrogen (secondary N) is 1. The molecule has 2 N–H and O–H groups in total. The van der Waals surface area contributed by atoms with Gasteiger partial charge in [0.05, 0.1) is 67.2 Å². The van der Waals surface area contributed by atoms with Gasteiger partial charge in [0.15, 0.2) is 0 Å². The first-order chi connectivity index (χ1) is 42.0. The molecule has 1 amide bonds. The summed E-state index contributed by atoms with van der Waals surface area (Å²) in [5, 5.41) is 20.5. The van der Waals surface area contributed by atoms with Crippen LogP contribution in [-0.2, 0) is 77.9 Å². The lowest BCUT2D eigenvalue weighted by Gasteiger charge is -2.38. The van der Waals surface area contributed by atoms with Gasteiger partial charge in [0.25, 0.3) is 20.0 Å². The van der Waals surface area contributed by atoms with Gasteiger partial charge in [-0.05, 0) is 147 Å². The number of carboxylic acids is 1. The zero-order valence-electron chi connectivity index (χ0n) is 49.4. The number of nitrogens with zero attached hydrogens (tertiary/aromatic N) is 7. The SMILES string of the molecule is COc1cc(C)c(S(=O)(=O)N2c3ccccc3CC[C@H]2COCC(=O)N2CCc3onc(-c4ccncc4)c3C2)c(C)c1.COc1cc(C)c(S(=O)(=O)N2c3ccccc3CC[C@H]2COCC(=O)O)c(C)c1.c1cc(-c2noc3c2CNCC3)ccn1. The van der Waals surface area contributed by atoms with Gasteiger partial charge < -0.3 is 43.3 Å². The number of anilines is 2. The largest absolute Gasteiger partial charge is 0.497 e. The van der Waals surface area contributed by atoms with Crippen molar-refractivity contribution in [2.45, 2.75) is 101 Å². The fraction of sp³-hybridized carbons (Fsp3) is 0.344. The number of hydrogen-bond donors (Lipinski definition) is 2. The summed E-state index contributed by atoms with van der Waals surface area (Å²) in [5.41, 5.74) is 11.2. The molecule has 4 aromatic heterocycles. The van der Waals surface area contributed by atoms with Crippen molar-refractivity contribution >= 4 is 43.3 Å². The highest BCUT2D eigenvalue weighted by molar-refractivity contribution is 7.93. The smallest absolute Gasteiger partial charge is 0.329 e. The van der Waals surface area contributed by atoms with E-state index in [1.54, 1.807) is 108 Å². The number of carbonyl (C=O) groups excluding carboxylic acids is 1. The van der Waals surface area contributed by atoms with Gasteiger partial charge in [0.2, 0.25) is 5.91 Å². The van der Waals surface area contributed by atoms with Crippen LogP contribution in [0.15, 0.2) is 141 Å². The number of ether oxygens (including phenoxy) is 4. The molecule has 456 valence electrons. The predicted octanol–water partition coefficient (Wildman–Crippen LogP) is 8.78. The molecule has 21 nitrogen and oxygen atoms in total. The Kier molecular flexibility index (Phi) is 19.2. The van der Waals surface area contributed by atoms with Crippen LogP contribution in [0.4, 0.5) is 11.4 Å². The average molecular weight is 1220 g/mol. The molecular formula is C64H70N8O13S2. The quantitative estimate of drug-likeness (QED) is 0.0916. The number of benzene rings is 4. The summed E-state index contributed by atoms with van der Waals surface area (Å²) in [6, 6.07) is 28.5. The molecular weight excluding hydrogens is 1150 g/mol. The fourth-order valence-electron chi connectivity index (χ4n) is 11.9. The minimum absolute atomic E-state index is 0.00805. The normalized spacial score (nSPS) is 16.2. The number of aryl methyl sites for hydroxylation is 6. The molecule has 0 saturated carbocycles. The van der Waals surface area contributed by atoms with E-state index in [-0.39, 0.29) is 35.5 Å². The molecule has 4 aliphatic heterocycles. The molecule has 0 saturated heterocycles. The first kappa shape index (κ1) is 61.6. The van der Waals surface area contributed by atoms with Crippen molar-refractivity contribution in [3.8, 4) is 34.0 Å². The summed E-state index contributed by atoms with van der Waals surface area (Å²) in [6.45, 7) is 9.20. The van der Waals surface area contributed by atoms with E-state index in [0.29, 0.717) is 96.0 Å². The summed E-state index contributed by atoms with van der Waals surface area (Å²) in [6.07, 6.45) is 10.9. The summed E-state index contributed by atoms with van der Waals surface area (Å²) >= 11 is 0. The Balaban J connectivity index is 0.000000162. The fourth-order valence-corrected chi connectivity index (χ4v) is 16.1. The van der Waals surface area contributed by atoms with Crippen molar-refractivity contribution in [1.82, 2.24) is 30.5 Å². The maximum Gasteiger partial charge on any atom is 0.329 e. The van der Waals surface area contributed by atoms with E-state index in [1.807, 2.05) is 60.7 Å². The molecule has 4 aliphatic rings. The average Bonchev–Trinajstić information content (AvgIpc) is 1.82. The minimum atomic E-state index is -3.96. The van der Waals surface area contributed by atoms with Gasteiger partial charge in [-0.1, -0.05) is 46.7 Å². The van der Waals surface area contributed by atoms with E-state index in [0.717, 1.165) is 64.5 Å². The monoisotopic (exact) mass is 1220 g/mol. The third-order valence-corrected chi connectivity index (χ3v) is 20.2. The van der Waals surface area contributed by atoms with E-state index in [2.05, 4.69) is 25.6 Å². The standard InChI is InChI=1S/C32H34N4O6S.C21H25NO6S.C11H11N3O/c1-21-16-26(40-3)17-22(2)32(21)43(38,39)36-25(9-8-23-6-4-5-7-28(23)36)19-41-20-30(37)35-15-12-29-27(18-35)31(34-42-29)24-10-13-33-14-11-24;1-14-10-18(27-3)11-15(2)21(14)29(25,26)22-17(12-28-13-20(23)24)9-8-16-6-4-5-7-19(16)22;1-4-12-5-2-8(1)11-9-7-13-6-3-10(9)15-14-11/h4-7,10-11,13-14,16-17,25H,8-9,12,15,18-20H2,1-3H3;4-7,10-11,17H,8-9,12-13H2,1-3H3,(H,23,24);1-2,4-5,13H,3,6-7H2/t25-;17-;/m00./s1. The van der Waals surface area contributed by atoms with Gasteiger partial charge in [-0.15, -0.1) is 0 Å². The van der Waals surface area contributed by atoms with Gasteiger partial charge in [-0.25, -0.2) is 21.6 Å². The van der Waals surface area contributed by atoms with E-state index in [1.165, 1.54) is 14.2 Å². The zero-order valence-corrected chi connectivity index (χ0v) is 51.0. The number of carboxylic acid groups (broad SMARTS) is 1. The number of hydrogen-bond acceptors (Lipinski definition) is 17. The minimum Gasteiger partial charge on any atom is -0.497 e. The number of methoxy groups -OCH3 is 2. The Morgan fingerprint density at radius 2 is 1.06 bits per heavy atom. The summed E-state index contributed by atoms with van der Waals surface area (Å²) in [5.74, 6) is 1.75. The van der Waals surface area contributed by atoms with Crippen LogP contribution in [0.25, 0.3) is 22.5 Å². The Morgan fingerprint density at radius 3 is 1.53 bits per heavy atom. The first-order valence-electron chi connectivity index (χ1n) is 28.6. The summed E-state index contributed by atoms with van der Waals surface area (Å²) < 4.78 is 91.9. The summed E-state index contributed by atoms with van der Waals surface area (Å²) in [7, 11) is -4.77. The van der Waals surface area contributed by atoms with E-state index < -0.39 is 44.7 Å². The van der Waals surface area contributed by atoms with E-state index in [4.69, 9.17) is 33.1 Å². The van der Waals surface area contributed by atoms with Crippen molar-refractivity contribution in [1.29, 1.82) is 0 Å². The summed E-state index contributed by atoms with van der Waals surface area (Å²) in [4.78, 5) is 34.4. The van der Waals surface area contributed by atoms with Crippen LogP contribution in [0, 0.1) is 27.7 Å². The predicted molar refractivity (Wildman–Crippen MR) is 325 cm³/mol. The van der Waals surface area contributed by atoms with Crippen LogP contribution in [0.2, 0.25) is 0 Å². The lowest BCUT2D eigenvalue weighted by atomic mass is 9.98. The Hall–Kier alpha value is -8.48. The van der Waals surface area contributed by atoms with Gasteiger partial charge in [0, 0.05) is 79.5 Å². The van der Waals surface area contributed by atoms with Gasteiger partial charge in [-0.2, -0.15) is 0 Å². The van der Waals surface area contributed by atoms with Crippen LogP contribution < -0.4 is 23.4 Å². The second-order valence-electron chi connectivity index (χ2n) is 21.7. The van der Waals surface area contributed by atoms with Crippen molar-refractivity contribution in [2.24, 2.45) is 0 Å². The number of pyridine rings is 2. The molecule has 8 heterocycles. The van der Waals surface area contributed by atoms with Gasteiger partial charge in [-0.3, -0.25) is 23.4 Å². The van der Waals surface area contributed by atoms with Crippen molar-refractivity contribution in [2.75, 3.05) is 62.3 Å². The number of para-hydroxylation sites is 2. The molecule has 0 radical (unpaired) electrons. The Bertz CT molecular complexity index is 3950. The number of sulfonamides is 2. The molecule has 0 aliphatic carbocycles. The highest BCUT2D eigenvalue weighted by Crippen LogP contribution is 2.41. The highest BCUT2D eigenvalue weighted by atomic mass is 32.2. The molecule has 8 aromatic rings.